The fourth-order valence-corrected chi connectivity index (χ4v) is 2.35. The Kier molecular flexibility index (Phi) is 4.54. The first-order valence-corrected chi connectivity index (χ1v) is 6.19. The number of aromatic nitrogens is 1. The average molecular weight is 260 g/mol. The number of aliphatic hydroxyl groups excluding tert-OH is 1. The zero-order valence-electron chi connectivity index (χ0n) is 9.25. The Morgan fingerprint density at radius 3 is 2.81 bits per heavy atom. The Bertz CT molecular complexity index is 401. The maximum atomic E-state index is 8.98. The molecule has 0 bridgehead atoms. The molecule has 0 aromatic carbocycles. The van der Waals surface area contributed by atoms with Crippen LogP contribution in [-0.4, -0.2) is 22.2 Å². The SMILES string of the molecule is CCC(C)(CCO)Nc1nc(Cl)c(C#N)s1. The number of nitrogens with one attached hydrogen (secondary N) is 1. The van der Waals surface area contributed by atoms with E-state index in [-0.39, 0.29) is 17.3 Å². The molecule has 1 rings (SSSR count). The number of hydrogen-bond acceptors (Lipinski definition) is 5. The van der Waals surface area contributed by atoms with E-state index in [4.69, 9.17) is 22.0 Å². The molecular weight excluding hydrogens is 246 g/mol. The molecule has 0 aliphatic heterocycles. The van der Waals surface area contributed by atoms with Crippen molar-refractivity contribution in [3.8, 4) is 6.07 Å². The van der Waals surface area contributed by atoms with Gasteiger partial charge >= 0.3 is 0 Å². The number of rotatable bonds is 5. The van der Waals surface area contributed by atoms with Crippen LogP contribution in [0.15, 0.2) is 0 Å². The maximum absolute atomic E-state index is 8.98. The van der Waals surface area contributed by atoms with Crippen molar-refractivity contribution in [3.05, 3.63) is 10.0 Å². The fraction of sp³-hybridized carbons (Fsp3) is 0.600. The molecule has 2 N–H and O–H groups in total. The van der Waals surface area contributed by atoms with Gasteiger partial charge in [-0.25, -0.2) is 4.98 Å². The molecule has 1 heterocycles. The lowest BCUT2D eigenvalue weighted by Gasteiger charge is -2.28. The topological polar surface area (TPSA) is 68.9 Å². The zero-order valence-corrected chi connectivity index (χ0v) is 10.8. The summed E-state index contributed by atoms with van der Waals surface area (Å²) >= 11 is 7.01. The monoisotopic (exact) mass is 259 g/mol. The van der Waals surface area contributed by atoms with Crippen molar-refractivity contribution < 1.29 is 5.11 Å². The number of nitrogens with zero attached hydrogens (tertiary/aromatic N) is 2. The van der Waals surface area contributed by atoms with Crippen LogP contribution in [0.4, 0.5) is 5.13 Å². The van der Waals surface area contributed by atoms with Gasteiger partial charge in [-0.3, -0.25) is 0 Å². The maximum Gasteiger partial charge on any atom is 0.185 e. The molecule has 0 saturated heterocycles. The van der Waals surface area contributed by atoms with Crippen molar-refractivity contribution in [3.63, 3.8) is 0 Å². The van der Waals surface area contributed by atoms with Crippen LogP contribution in [0.3, 0.4) is 0 Å². The van der Waals surface area contributed by atoms with Crippen LogP contribution in [0.2, 0.25) is 5.15 Å². The highest BCUT2D eigenvalue weighted by Gasteiger charge is 2.23. The van der Waals surface area contributed by atoms with E-state index >= 15 is 0 Å². The summed E-state index contributed by atoms with van der Waals surface area (Å²) < 4.78 is 0. The molecule has 6 heteroatoms. The summed E-state index contributed by atoms with van der Waals surface area (Å²) in [7, 11) is 0. The van der Waals surface area contributed by atoms with Crippen LogP contribution in [0.1, 0.15) is 31.6 Å². The zero-order chi connectivity index (χ0) is 12.2. The standard InChI is InChI=1S/C10H14ClN3OS/c1-3-10(2,4-5-15)14-9-13-8(11)7(6-12)16-9/h15H,3-5H2,1-2H3,(H,13,14). The number of aliphatic hydroxyl groups is 1. The Balaban J connectivity index is 2.82. The van der Waals surface area contributed by atoms with E-state index in [1.54, 1.807) is 0 Å². The van der Waals surface area contributed by atoms with Gasteiger partial charge in [0.2, 0.25) is 0 Å². The summed E-state index contributed by atoms with van der Waals surface area (Å²) in [5, 5.41) is 21.8. The minimum atomic E-state index is -0.220. The van der Waals surface area contributed by atoms with Crippen molar-refractivity contribution in [1.82, 2.24) is 4.98 Å². The molecule has 0 saturated carbocycles. The van der Waals surface area contributed by atoms with Crippen LogP contribution in [0, 0.1) is 11.3 Å². The van der Waals surface area contributed by atoms with Crippen LogP contribution in [0.5, 0.6) is 0 Å². The molecule has 88 valence electrons. The second-order valence-electron chi connectivity index (χ2n) is 3.76. The highest BCUT2D eigenvalue weighted by molar-refractivity contribution is 7.16. The highest BCUT2D eigenvalue weighted by Crippen LogP contribution is 2.29. The lowest BCUT2D eigenvalue weighted by atomic mass is 9.95. The van der Waals surface area contributed by atoms with Crippen LogP contribution < -0.4 is 5.32 Å². The molecule has 0 aliphatic rings. The molecule has 1 unspecified atom stereocenters. The molecule has 1 atom stereocenters. The quantitative estimate of drug-likeness (QED) is 0.853. The van der Waals surface area contributed by atoms with Crippen molar-refractivity contribution >= 4 is 28.1 Å². The number of nitriles is 1. The molecule has 0 radical (unpaired) electrons. The third-order valence-electron chi connectivity index (χ3n) is 2.54. The van der Waals surface area contributed by atoms with Crippen LogP contribution in [0.25, 0.3) is 0 Å². The largest absolute Gasteiger partial charge is 0.396 e. The molecule has 4 nitrogen and oxygen atoms in total. The Morgan fingerprint density at radius 2 is 2.38 bits per heavy atom. The summed E-state index contributed by atoms with van der Waals surface area (Å²) in [6.07, 6.45) is 1.48. The molecular formula is C10H14ClN3OS. The van der Waals surface area contributed by atoms with Crippen molar-refractivity contribution in [2.75, 3.05) is 11.9 Å². The summed E-state index contributed by atoms with van der Waals surface area (Å²) in [4.78, 5) is 4.47. The summed E-state index contributed by atoms with van der Waals surface area (Å²) in [6.45, 7) is 4.15. The van der Waals surface area contributed by atoms with Gasteiger partial charge in [0.1, 0.15) is 10.9 Å². The van der Waals surface area contributed by atoms with Crippen molar-refractivity contribution in [1.29, 1.82) is 5.26 Å². The smallest absolute Gasteiger partial charge is 0.185 e. The number of hydrogen-bond donors (Lipinski definition) is 2. The van der Waals surface area contributed by atoms with E-state index in [2.05, 4.69) is 10.3 Å². The van der Waals surface area contributed by atoms with Gasteiger partial charge in [0, 0.05) is 12.1 Å². The molecule has 1 aromatic heterocycles. The third kappa shape index (κ3) is 3.08. The predicted octanol–water partition coefficient (Wildman–Crippen LogP) is 2.63. The van der Waals surface area contributed by atoms with Gasteiger partial charge in [0.25, 0.3) is 0 Å². The average Bonchev–Trinajstić information content (AvgIpc) is 2.59. The van der Waals surface area contributed by atoms with Gasteiger partial charge in [0.05, 0.1) is 0 Å². The first-order valence-electron chi connectivity index (χ1n) is 5.00. The first kappa shape index (κ1) is 13.2. The second-order valence-corrected chi connectivity index (χ2v) is 5.12. The van der Waals surface area contributed by atoms with Crippen molar-refractivity contribution in [2.24, 2.45) is 0 Å². The van der Waals surface area contributed by atoms with Crippen molar-refractivity contribution in [2.45, 2.75) is 32.2 Å². The van der Waals surface area contributed by atoms with Gasteiger partial charge in [0.15, 0.2) is 10.3 Å². The third-order valence-corrected chi connectivity index (χ3v) is 3.80. The van der Waals surface area contributed by atoms with E-state index in [0.717, 1.165) is 6.42 Å². The van der Waals surface area contributed by atoms with E-state index in [9.17, 15) is 0 Å². The van der Waals surface area contributed by atoms with Gasteiger partial charge in [-0.1, -0.05) is 29.9 Å². The van der Waals surface area contributed by atoms with Crippen LogP contribution in [-0.2, 0) is 0 Å². The highest BCUT2D eigenvalue weighted by atomic mass is 35.5. The predicted molar refractivity (Wildman–Crippen MR) is 65.9 cm³/mol. The number of halogens is 1. The van der Waals surface area contributed by atoms with Gasteiger partial charge < -0.3 is 10.4 Å². The molecule has 1 aromatic rings. The Hall–Kier alpha value is -0.830. The Morgan fingerprint density at radius 1 is 1.69 bits per heavy atom. The van der Waals surface area contributed by atoms with E-state index in [0.29, 0.717) is 16.4 Å². The molecule has 16 heavy (non-hydrogen) atoms. The summed E-state index contributed by atoms with van der Waals surface area (Å²) in [6, 6.07) is 1.99. The Labute approximate surface area is 104 Å². The fourth-order valence-electron chi connectivity index (χ4n) is 1.26. The van der Waals surface area contributed by atoms with Crippen LogP contribution >= 0.6 is 22.9 Å². The molecule has 0 spiro atoms. The number of thiazole rings is 1. The van der Waals surface area contributed by atoms with E-state index in [1.807, 2.05) is 19.9 Å². The minimum Gasteiger partial charge on any atom is -0.396 e. The lowest BCUT2D eigenvalue weighted by Crippen LogP contribution is -2.34. The number of anilines is 1. The summed E-state index contributed by atoms with van der Waals surface area (Å²) in [5.74, 6) is 0. The lowest BCUT2D eigenvalue weighted by molar-refractivity contribution is 0.252. The van der Waals surface area contributed by atoms with E-state index in [1.165, 1.54) is 11.3 Å². The minimum absolute atomic E-state index is 0.113. The summed E-state index contributed by atoms with van der Waals surface area (Å²) in [5.41, 5.74) is -0.220. The van der Waals surface area contributed by atoms with Gasteiger partial charge in [-0.2, -0.15) is 5.26 Å². The first-order chi connectivity index (χ1) is 7.54. The second kappa shape index (κ2) is 5.48. The molecule has 0 amide bonds. The molecule has 0 fully saturated rings. The normalized spacial score (nSPS) is 14.2. The van der Waals surface area contributed by atoms with Gasteiger partial charge in [-0.15, -0.1) is 0 Å². The van der Waals surface area contributed by atoms with Gasteiger partial charge in [-0.05, 0) is 19.8 Å². The molecule has 0 aliphatic carbocycles. The van der Waals surface area contributed by atoms with E-state index < -0.39 is 0 Å².